The first-order valence-electron chi connectivity index (χ1n) is 10.2. The summed E-state index contributed by atoms with van der Waals surface area (Å²) >= 11 is 0. The van der Waals surface area contributed by atoms with Gasteiger partial charge in [0.1, 0.15) is 17.0 Å². The maximum atomic E-state index is 14.7. The van der Waals surface area contributed by atoms with Crippen molar-refractivity contribution in [2.45, 2.75) is 38.7 Å². The summed E-state index contributed by atoms with van der Waals surface area (Å²) in [4.78, 5) is 21.4. The third-order valence-electron chi connectivity index (χ3n) is 6.50. The van der Waals surface area contributed by atoms with Gasteiger partial charge in [-0.1, -0.05) is 13.8 Å². The molecule has 3 N–H and O–H groups in total. The van der Waals surface area contributed by atoms with E-state index in [4.69, 9.17) is 14.6 Å². The molecule has 1 aliphatic heterocycles. The first-order chi connectivity index (χ1) is 14.5. The van der Waals surface area contributed by atoms with Gasteiger partial charge in [0.05, 0.1) is 6.26 Å². The van der Waals surface area contributed by atoms with Crippen LogP contribution in [-0.4, -0.2) is 52.3 Å². The number of hydrogen-bond acceptors (Lipinski definition) is 5. The monoisotopic (exact) mass is 433 g/mol. The fourth-order valence-corrected chi connectivity index (χ4v) is 4.93. The highest BCUT2D eigenvalue weighted by molar-refractivity contribution is 5.89. The molecule has 2 aliphatic rings. The molecule has 1 saturated heterocycles. The quantitative estimate of drug-likeness (QED) is 0.636. The van der Waals surface area contributed by atoms with Crippen LogP contribution in [0.5, 0.6) is 0 Å². The number of piperidine rings is 1. The van der Waals surface area contributed by atoms with Crippen molar-refractivity contribution in [3.05, 3.63) is 47.5 Å². The highest BCUT2D eigenvalue weighted by Gasteiger charge is 2.57. The lowest BCUT2D eigenvalue weighted by molar-refractivity contribution is -0.134. The van der Waals surface area contributed by atoms with E-state index in [9.17, 15) is 19.1 Å². The molecule has 1 atom stereocenters. The van der Waals surface area contributed by atoms with Gasteiger partial charge in [-0.05, 0) is 63.0 Å². The van der Waals surface area contributed by atoms with E-state index in [0.717, 1.165) is 31.3 Å². The number of aliphatic carboxylic acids is 2. The Morgan fingerprint density at radius 2 is 1.77 bits per heavy atom. The van der Waals surface area contributed by atoms with Gasteiger partial charge in [-0.15, -0.1) is 0 Å². The average molecular weight is 433 g/mol. The van der Waals surface area contributed by atoms with Crippen LogP contribution in [0, 0.1) is 17.2 Å². The molecule has 7 nitrogen and oxygen atoms in total. The molecular formula is C23H28FNO6. The van der Waals surface area contributed by atoms with Crippen LogP contribution in [0.4, 0.5) is 4.39 Å². The maximum absolute atomic E-state index is 14.7. The third kappa shape index (κ3) is 4.22. The predicted molar refractivity (Wildman–Crippen MR) is 112 cm³/mol. The van der Waals surface area contributed by atoms with E-state index < -0.39 is 23.0 Å². The Kier molecular flexibility index (Phi) is 6.25. The number of likely N-dealkylation sites (tertiary alicyclic amines) is 1. The molecule has 2 heterocycles. The molecule has 31 heavy (non-hydrogen) atoms. The predicted octanol–water partition coefficient (Wildman–Crippen LogP) is 3.40. The lowest BCUT2D eigenvalue weighted by Gasteiger charge is -2.46. The smallest absolute Gasteiger partial charge is 0.328 e. The lowest BCUT2D eigenvalue weighted by Crippen LogP contribution is -2.49. The molecule has 1 aliphatic carbocycles. The second kappa shape index (κ2) is 8.43. The van der Waals surface area contributed by atoms with Crippen LogP contribution in [0.3, 0.4) is 0 Å². The third-order valence-corrected chi connectivity index (χ3v) is 6.50. The van der Waals surface area contributed by atoms with Crippen molar-refractivity contribution in [1.29, 1.82) is 0 Å². The van der Waals surface area contributed by atoms with Gasteiger partial charge >= 0.3 is 11.9 Å². The Hall–Kier alpha value is -2.71. The highest BCUT2D eigenvalue weighted by atomic mass is 19.1. The number of furan rings is 1. The number of halogens is 1. The minimum Gasteiger partial charge on any atom is -0.478 e. The van der Waals surface area contributed by atoms with E-state index in [-0.39, 0.29) is 11.7 Å². The van der Waals surface area contributed by atoms with Crippen molar-refractivity contribution >= 4 is 22.9 Å². The number of fused-ring (bicyclic) bond motifs is 3. The topological polar surface area (TPSA) is 111 Å². The number of benzene rings is 1. The second-order valence-electron chi connectivity index (χ2n) is 8.97. The Morgan fingerprint density at radius 3 is 2.32 bits per heavy atom. The summed E-state index contributed by atoms with van der Waals surface area (Å²) in [5.41, 5.74) is 0.559. The van der Waals surface area contributed by atoms with Crippen LogP contribution in [0.25, 0.3) is 11.0 Å². The van der Waals surface area contributed by atoms with Crippen LogP contribution < -0.4 is 0 Å². The van der Waals surface area contributed by atoms with Gasteiger partial charge in [-0.25, -0.2) is 14.0 Å². The molecule has 2 aromatic rings. The van der Waals surface area contributed by atoms with Gasteiger partial charge in [0.2, 0.25) is 0 Å². The number of carboxylic acid groups (broad SMARTS) is 2. The minimum absolute atomic E-state index is 0.130. The van der Waals surface area contributed by atoms with Gasteiger partial charge < -0.3 is 24.6 Å². The molecule has 8 heteroatoms. The normalized spacial score (nSPS) is 23.5. The van der Waals surface area contributed by atoms with Crippen LogP contribution in [0.1, 0.15) is 37.8 Å². The van der Waals surface area contributed by atoms with Gasteiger partial charge in [-0.2, -0.15) is 0 Å². The van der Waals surface area contributed by atoms with Crippen LogP contribution in [0.15, 0.2) is 35.0 Å². The summed E-state index contributed by atoms with van der Waals surface area (Å²) in [6.07, 6.45) is 5.10. The average Bonchev–Trinajstić information content (AvgIpc) is 3.22. The molecule has 0 radical (unpaired) electrons. The Bertz CT molecular complexity index is 1000. The molecule has 0 amide bonds. The molecule has 0 saturated carbocycles. The highest BCUT2D eigenvalue weighted by Crippen LogP contribution is 2.58. The SMILES string of the molecule is CN1CCC(C2(O)c3c(c(F)cc4ccoc34)CC2(C)C)CC1.O=C(O)/C=C/C(=O)O. The number of hydrogen-bond donors (Lipinski definition) is 3. The molecule has 168 valence electrons. The van der Waals surface area contributed by atoms with Crippen molar-refractivity contribution in [3.8, 4) is 0 Å². The van der Waals surface area contributed by atoms with Gasteiger partial charge in [0, 0.05) is 28.5 Å². The van der Waals surface area contributed by atoms with E-state index in [2.05, 4.69) is 25.8 Å². The fraction of sp³-hybridized carbons (Fsp3) is 0.478. The first kappa shape index (κ1) is 23.0. The number of aliphatic hydroxyl groups is 1. The van der Waals surface area contributed by atoms with Gasteiger partial charge in [0.25, 0.3) is 0 Å². The molecule has 0 bridgehead atoms. The zero-order valence-electron chi connectivity index (χ0n) is 17.9. The van der Waals surface area contributed by atoms with Crippen LogP contribution >= 0.6 is 0 Å². The van der Waals surface area contributed by atoms with E-state index in [1.807, 2.05) is 0 Å². The summed E-state index contributed by atoms with van der Waals surface area (Å²) in [7, 11) is 2.11. The molecule has 1 aromatic carbocycles. The summed E-state index contributed by atoms with van der Waals surface area (Å²) < 4.78 is 20.3. The Balaban J connectivity index is 0.000000293. The molecule has 4 rings (SSSR count). The fourth-order valence-electron chi connectivity index (χ4n) is 4.93. The standard InChI is InChI=1S/C19H24FNO2.C4H4O4/c1-18(2)11-14-15(20)10-12-6-9-23-17(12)16(14)19(18,22)13-4-7-21(3)8-5-13;5-3(6)1-2-4(7)8/h6,9-10,13,22H,4-5,7-8,11H2,1-3H3;1-2H,(H,5,6)(H,7,8)/b;2-1+. The summed E-state index contributed by atoms with van der Waals surface area (Å²) in [6, 6.07) is 3.31. The van der Waals surface area contributed by atoms with Crippen molar-refractivity contribution in [2.75, 3.05) is 20.1 Å². The molecule has 1 unspecified atom stereocenters. The number of rotatable bonds is 3. The van der Waals surface area contributed by atoms with Crippen molar-refractivity contribution in [3.63, 3.8) is 0 Å². The van der Waals surface area contributed by atoms with E-state index >= 15 is 0 Å². The van der Waals surface area contributed by atoms with Crippen molar-refractivity contribution in [1.82, 2.24) is 4.90 Å². The van der Waals surface area contributed by atoms with Crippen LogP contribution in [-0.2, 0) is 21.6 Å². The zero-order chi connectivity index (χ0) is 23.0. The first-order valence-corrected chi connectivity index (χ1v) is 10.2. The largest absolute Gasteiger partial charge is 0.478 e. The number of nitrogens with zero attached hydrogens (tertiary/aromatic N) is 1. The molecular weight excluding hydrogens is 405 g/mol. The summed E-state index contributed by atoms with van der Waals surface area (Å²) in [5.74, 6) is -2.60. The van der Waals surface area contributed by atoms with E-state index in [1.54, 1.807) is 12.3 Å². The maximum Gasteiger partial charge on any atom is 0.328 e. The minimum atomic E-state index is -1.26. The number of carbonyl (C=O) groups is 2. The van der Waals surface area contributed by atoms with Gasteiger partial charge in [0.15, 0.2) is 0 Å². The molecule has 1 aromatic heterocycles. The zero-order valence-corrected chi connectivity index (χ0v) is 17.9. The molecule has 1 fully saturated rings. The summed E-state index contributed by atoms with van der Waals surface area (Å²) in [6.45, 7) is 6.04. The van der Waals surface area contributed by atoms with E-state index in [0.29, 0.717) is 35.3 Å². The number of carboxylic acids is 2. The van der Waals surface area contributed by atoms with Crippen molar-refractivity contribution < 1.29 is 33.7 Å². The Morgan fingerprint density at radius 1 is 1.19 bits per heavy atom. The second-order valence-corrected chi connectivity index (χ2v) is 8.97. The van der Waals surface area contributed by atoms with Gasteiger partial charge in [-0.3, -0.25) is 0 Å². The molecule has 0 spiro atoms. The van der Waals surface area contributed by atoms with Crippen LogP contribution in [0.2, 0.25) is 0 Å². The Labute approximate surface area is 179 Å². The lowest BCUT2D eigenvalue weighted by atomic mass is 9.65. The summed E-state index contributed by atoms with van der Waals surface area (Å²) in [5, 5.41) is 28.2. The van der Waals surface area contributed by atoms with E-state index in [1.165, 1.54) is 6.07 Å². The van der Waals surface area contributed by atoms with Crippen molar-refractivity contribution in [2.24, 2.45) is 11.3 Å².